The normalized spacial score (nSPS) is 18.4. The van der Waals surface area contributed by atoms with Gasteiger partial charge in [0.1, 0.15) is 6.04 Å². The molecule has 1 amide bonds. The first-order valence-corrected chi connectivity index (χ1v) is 10.4. The monoisotopic (exact) mass is 439 g/mol. The van der Waals surface area contributed by atoms with Gasteiger partial charge in [-0.05, 0) is 48.2 Å². The number of aliphatic carboxylic acids is 1. The molecule has 0 saturated carbocycles. The van der Waals surface area contributed by atoms with Crippen molar-refractivity contribution in [3.05, 3.63) is 94.0 Å². The molecule has 4 nitrogen and oxygen atoms in total. The van der Waals surface area contributed by atoms with Gasteiger partial charge in [-0.3, -0.25) is 4.79 Å². The lowest BCUT2D eigenvalue weighted by Crippen LogP contribution is -2.41. The largest absolute Gasteiger partial charge is 0.480 e. The predicted molar refractivity (Wildman–Crippen MR) is 118 cm³/mol. The van der Waals surface area contributed by atoms with Crippen LogP contribution in [0.15, 0.2) is 72.8 Å². The minimum atomic E-state index is -1.01. The molecule has 0 aromatic heterocycles. The summed E-state index contributed by atoms with van der Waals surface area (Å²) >= 11 is 12.6. The molecule has 1 N–H and O–H groups in total. The van der Waals surface area contributed by atoms with Crippen molar-refractivity contribution in [2.45, 2.75) is 24.9 Å². The van der Waals surface area contributed by atoms with Gasteiger partial charge in [-0.2, -0.15) is 0 Å². The molecule has 0 bridgehead atoms. The summed E-state index contributed by atoms with van der Waals surface area (Å²) in [7, 11) is 0. The number of carboxylic acids is 1. The first-order valence-electron chi connectivity index (χ1n) is 9.62. The second-order valence-electron chi connectivity index (χ2n) is 7.24. The Bertz CT molecular complexity index is 1100. The van der Waals surface area contributed by atoms with Crippen molar-refractivity contribution in [2.75, 3.05) is 0 Å². The molecular formula is C24H19Cl2NO3. The molecular weight excluding hydrogens is 421 g/mol. The van der Waals surface area contributed by atoms with E-state index < -0.39 is 12.0 Å². The summed E-state index contributed by atoms with van der Waals surface area (Å²) in [6.45, 7) is 0. The molecule has 3 aromatic carbocycles. The van der Waals surface area contributed by atoms with Gasteiger partial charge < -0.3 is 10.0 Å². The third-order valence-electron chi connectivity index (χ3n) is 5.49. The van der Waals surface area contributed by atoms with E-state index in [2.05, 4.69) is 0 Å². The Morgan fingerprint density at radius 2 is 1.47 bits per heavy atom. The highest BCUT2D eigenvalue weighted by molar-refractivity contribution is 6.33. The quantitative estimate of drug-likeness (QED) is 0.534. The lowest BCUT2D eigenvalue weighted by Gasteiger charge is -2.29. The van der Waals surface area contributed by atoms with Gasteiger partial charge in [0.25, 0.3) is 5.91 Å². The predicted octanol–water partition coefficient (Wildman–Crippen LogP) is 6.09. The second kappa shape index (κ2) is 8.50. The number of nitrogens with zero attached hydrogens (tertiary/aromatic N) is 1. The highest BCUT2D eigenvalue weighted by Crippen LogP contribution is 2.40. The van der Waals surface area contributed by atoms with Gasteiger partial charge in [-0.1, -0.05) is 71.7 Å². The molecule has 6 heteroatoms. The molecule has 4 rings (SSSR count). The molecule has 1 fully saturated rings. The summed E-state index contributed by atoms with van der Waals surface area (Å²) in [5.41, 5.74) is 2.95. The molecule has 1 aliphatic rings. The van der Waals surface area contributed by atoms with Crippen molar-refractivity contribution >= 4 is 35.1 Å². The maximum atomic E-state index is 13.4. The van der Waals surface area contributed by atoms with E-state index in [4.69, 9.17) is 23.2 Å². The minimum absolute atomic E-state index is 0.324. The van der Waals surface area contributed by atoms with E-state index in [0.717, 1.165) is 16.7 Å². The highest BCUT2D eigenvalue weighted by atomic mass is 35.5. The van der Waals surface area contributed by atoms with Gasteiger partial charge in [0.2, 0.25) is 0 Å². The number of benzene rings is 3. The third-order valence-corrected chi connectivity index (χ3v) is 6.16. The van der Waals surface area contributed by atoms with Gasteiger partial charge in [0.05, 0.1) is 6.04 Å². The molecule has 0 aliphatic carbocycles. The summed E-state index contributed by atoms with van der Waals surface area (Å²) in [6, 6.07) is 20.5. The average Bonchev–Trinajstić information content (AvgIpc) is 3.19. The summed E-state index contributed by atoms with van der Waals surface area (Å²) < 4.78 is 0. The Balaban J connectivity index is 1.68. The van der Waals surface area contributed by atoms with E-state index in [0.29, 0.717) is 28.5 Å². The van der Waals surface area contributed by atoms with E-state index in [-0.39, 0.29) is 11.9 Å². The van der Waals surface area contributed by atoms with Crippen LogP contribution in [0.2, 0.25) is 10.0 Å². The van der Waals surface area contributed by atoms with Gasteiger partial charge in [0, 0.05) is 21.2 Å². The smallest absolute Gasteiger partial charge is 0.326 e. The zero-order valence-corrected chi connectivity index (χ0v) is 17.5. The molecule has 1 saturated heterocycles. The van der Waals surface area contributed by atoms with Crippen LogP contribution in [0.5, 0.6) is 0 Å². The fraction of sp³-hybridized carbons (Fsp3) is 0.167. The number of carbonyl (C=O) groups is 2. The number of halogens is 2. The van der Waals surface area contributed by atoms with Gasteiger partial charge in [-0.25, -0.2) is 4.79 Å². The molecule has 152 valence electrons. The Hall–Kier alpha value is -2.82. The van der Waals surface area contributed by atoms with Crippen molar-refractivity contribution in [1.82, 2.24) is 4.90 Å². The van der Waals surface area contributed by atoms with Crippen molar-refractivity contribution in [3.63, 3.8) is 0 Å². The van der Waals surface area contributed by atoms with Crippen LogP contribution in [0.25, 0.3) is 11.1 Å². The fourth-order valence-corrected chi connectivity index (χ4v) is 4.53. The van der Waals surface area contributed by atoms with E-state index >= 15 is 0 Å². The van der Waals surface area contributed by atoms with Crippen LogP contribution >= 0.6 is 23.2 Å². The van der Waals surface area contributed by atoms with Crippen LogP contribution in [-0.2, 0) is 4.79 Å². The number of carboxylic acid groups (broad SMARTS) is 1. The molecule has 30 heavy (non-hydrogen) atoms. The molecule has 0 unspecified atom stereocenters. The van der Waals surface area contributed by atoms with Crippen molar-refractivity contribution in [3.8, 4) is 11.1 Å². The summed E-state index contributed by atoms with van der Waals surface area (Å²) in [5.74, 6) is -1.33. The molecule has 0 radical (unpaired) electrons. The Morgan fingerprint density at radius 1 is 0.833 bits per heavy atom. The number of hydrogen-bond donors (Lipinski definition) is 1. The average molecular weight is 440 g/mol. The minimum Gasteiger partial charge on any atom is -0.480 e. The lowest BCUT2D eigenvalue weighted by atomic mass is 10.0. The summed E-state index contributed by atoms with van der Waals surface area (Å²) in [5, 5.41) is 10.8. The molecule has 1 aliphatic heterocycles. The summed E-state index contributed by atoms with van der Waals surface area (Å²) in [6.07, 6.45) is 0.929. The third kappa shape index (κ3) is 3.81. The van der Waals surface area contributed by atoms with Crippen molar-refractivity contribution in [2.24, 2.45) is 0 Å². The number of carbonyl (C=O) groups excluding carboxylic acids is 1. The topological polar surface area (TPSA) is 57.6 Å². The number of hydrogen-bond acceptors (Lipinski definition) is 2. The maximum absolute atomic E-state index is 13.4. The number of rotatable bonds is 4. The van der Waals surface area contributed by atoms with Crippen molar-refractivity contribution in [1.29, 1.82) is 0 Å². The zero-order valence-electron chi connectivity index (χ0n) is 16.0. The number of amides is 1. The van der Waals surface area contributed by atoms with E-state index in [9.17, 15) is 14.7 Å². The second-order valence-corrected chi connectivity index (χ2v) is 8.05. The SMILES string of the molecule is O=C(O)[C@@H]1CC[C@H](c2ccccc2Cl)N1C(=O)c1ccc(-c2ccccc2Cl)cc1. The number of likely N-dealkylation sites (tertiary alicyclic amines) is 1. The van der Waals surface area contributed by atoms with Crippen LogP contribution in [0.3, 0.4) is 0 Å². The summed E-state index contributed by atoms with van der Waals surface area (Å²) in [4.78, 5) is 26.7. The molecule has 0 spiro atoms. The Kier molecular flexibility index (Phi) is 5.80. The first kappa shape index (κ1) is 20.5. The Labute approximate surface area is 184 Å². The van der Waals surface area contributed by atoms with Gasteiger partial charge >= 0.3 is 5.97 Å². The first-order chi connectivity index (χ1) is 14.5. The molecule has 1 heterocycles. The van der Waals surface area contributed by atoms with Crippen molar-refractivity contribution < 1.29 is 14.7 Å². The van der Waals surface area contributed by atoms with Crippen LogP contribution in [0.1, 0.15) is 34.8 Å². The Morgan fingerprint density at radius 3 is 2.10 bits per heavy atom. The maximum Gasteiger partial charge on any atom is 0.326 e. The van der Waals surface area contributed by atoms with Gasteiger partial charge in [0.15, 0.2) is 0 Å². The highest BCUT2D eigenvalue weighted by Gasteiger charge is 2.42. The van der Waals surface area contributed by atoms with E-state index in [1.165, 1.54) is 4.90 Å². The van der Waals surface area contributed by atoms with Gasteiger partial charge in [-0.15, -0.1) is 0 Å². The van der Waals surface area contributed by atoms with E-state index in [1.807, 2.05) is 54.6 Å². The molecule has 2 atom stereocenters. The van der Waals surface area contributed by atoms with Crippen LogP contribution < -0.4 is 0 Å². The van der Waals surface area contributed by atoms with E-state index in [1.54, 1.807) is 18.2 Å². The molecule has 3 aromatic rings. The zero-order chi connectivity index (χ0) is 21.3. The standard InChI is InChI=1S/C24H19Cl2NO3/c25-19-7-3-1-5-17(19)15-9-11-16(12-10-15)23(28)27-21(13-14-22(27)24(29)30)18-6-2-4-8-20(18)26/h1-12,21-22H,13-14H2,(H,29,30)/t21-,22+/m1/s1. The van der Waals surface area contributed by atoms with Crippen LogP contribution in [0, 0.1) is 0 Å². The lowest BCUT2D eigenvalue weighted by molar-refractivity contribution is -0.141. The van der Waals surface area contributed by atoms with Crippen LogP contribution in [-0.4, -0.2) is 27.9 Å². The van der Waals surface area contributed by atoms with Crippen LogP contribution in [0.4, 0.5) is 0 Å². The fourth-order valence-electron chi connectivity index (χ4n) is 4.02.